The Morgan fingerprint density at radius 2 is 1.85 bits per heavy atom. The number of halogens is 2. The van der Waals surface area contributed by atoms with E-state index in [1.807, 2.05) is 0 Å². The van der Waals surface area contributed by atoms with E-state index in [1.54, 1.807) is 0 Å². The Morgan fingerprint density at radius 3 is 2.45 bits per heavy atom. The van der Waals surface area contributed by atoms with Gasteiger partial charge in [-0.3, -0.25) is 10.1 Å². The molecule has 0 atom stereocenters. The van der Waals surface area contributed by atoms with E-state index in [9.17, 15) is 18.9 Å². The van der Waals surface area contributed by atoms with Gasteiger partial charge in [0.1, 0.15) is 5.69 Å². The van der Waals surface area contributed by atoms with Crippen molar-refractivity contribution >= 4 is 11.6 Å². The number of nitrogens with two attached hydrogens (primary N) is 1. The van der Waals surface area contributed by atoms with Crippen molar-refractivity contribution in [2.45, 2.75) is 13.8 Å². The molecule has 6 nitrogen and oxygen atoms in total. The average molecular weight is 280 g/mol. The summed E-state index contributed by atoms with van der Waals surface area (Å²) in [6.45, 7) is 2.73. The summed E-state index contributed by atoms with van der Waals surface area (Å²) in [7, 11) is 0. The van der Waals surface area contributed by atoms with Gasteiger partial charge in [-0.05, 0) is 25.5 Å². The van der Waals surface area contributed by atoms with Gasteiger partial charge in [-0.1, -0.05) is 6.07 Å². The van der Waals surface area contributed by atoms with Crippen LogP contribution < -0.4 is 5.73 Å². The fraction of sp³-hybridized carbons (Fsp3) is 0.167. The number of hydrogen-bond acceptors (Lipinski definition) is 5. The van der Waals surface area contributed by atoms with Gasteiger partial charge in [0.2, 0.25) is 5.95 Å². The van der Waals surface area contributed by atoms with Crippen LogP contribution in [-0.4, -0.2) is 14.9 Å². The second kappa shape index (κ2) is 4.80. The molecule has 0 unspecified atom stereocenters. The van der Waals surface area contributed by atoms with Crippen molar-refractivity contribution in [3.63, 3.8) is 0 Å². The number of anilines is 1. The number of nitrogens with zero attached hydrogens (tertiary/aromatic N) is 3. The Bertz CT molecular complexity index is 719. The molecule has 2 aromatic rings. The summed E-state index contributed by atoms with van der Waals surface area (Å²) >= 11 is 0. The SMILES string of the molecule is Cc1ccc(-c2nc(N)nc(C)c2[N+](=O)[O-])c(F)c1F. The van der Waals surface area contributed by atoms with Crippen molar-refractivity contribution in [1.82, 2.24) is 9.97 Å². The van der Waals surface area contributed by atoms with Gasteiger partial charge in [0, 0.05) is 5.56 Å². The van der Waals surface area contributed by atoms with Crippen molar-refractivity contribution in [2.24, 2.45) is 0 Å². The Kier molecular flexibility index (Phi) is 3.31. The molecule has 1 heterocycles. The van der Waals surface area contributed by atoms with Gasteiger partial charge in [-0.2, -0.15) is 0 Å². The van der Waals surface area contributed by atoms with Crippen LogP contribution in [0.5, 0.6) is 0 Å². The number of aromatic nitrogens is 2. The van der Waals surface area contributed by atoms with Crippen molar-refractivity contribution in [1.29, 1.82) is 0 Å². The quantitative estimate of drug-likeness (QED) is 0.673. The van der Waals surface area contributed by atoms with Crippen LogP contribution >= 0.6 is 0 Å². The molecule has 0 aliphatic heterocycles. The monoisotopic (exact) mass is 280 g/mol. The fourth-order valence-electron chi connectivity index (χ4n) is 1.82. The Hall–Kier alpha value is -2.64. The third-order valence-corrected chi connectivity index (χ3v) is 2.79. The molecule has 0 spiro atoms. The first-order valence-corrected chi connectivity index (χ1v) is 5.56. The summed E-state index contributed by atoms with van der Waals surface area (Å²) in [5.74, 6) is -2.53. The summed E-state index contributed by atoms with van der Waals surface area (Å²) in [5.41, 5.74) is 4.34. The van der Waals surface area contributed by atoms with E-state index in [-0.39, 0.29) is 28.5 Å². The summed E-state index contributed by atoms with van der Waals surface area (Å²) in [6.07, 6.45) is 0. The molecule has 0 saturated carbocycles. The first kappa shape index (κ1) is 13.8. The van der Waals surface area contributed by atoms with Gasteiger partial charge >= 0.3 is 5.69 Å². The van der Waals surface area contributed by atoms with E-state index in [0.717, 1.165) is 0 Å². The molecule has 2 rings (SSSR count). The molecular formula is C12H10F2N4O2. The van der Waals surface area contributed by atoms with E-state index in [1.165, 1.54) is 26.0 Å². The topological polar surface area (TPSA) is 94.9 Å². The number of aryl methyl sites for hydroxylation is 2. The molecule has 0 saturated heterocycles. The zero-order valence-electron chi connectivity index (χ0n) is 10.6. The highest BCUT2D eigenvalue weighted by Crippen LogP contribution is 2.33. The minimum Gasteiger partial charge on any atom is -0.368 e. The van der Waals surface area contributed by atoms with Crippen LogP contribution in [0.25, 0.3) is 11.3 Å². The maximum Gasteiger partial charge on any atom is 0.316 e. The van der Waals surface area contributed by atoms with Crippen LogP contribution in [0, 0.1) is 35.6 Å². The Labute approximate surface area is 112 Å². The van der Waals surface area contributed by atoms with Crippen LogP contribution in [0.2, 0.25) is 0 Å². The number of benzene rings is 1. The molecule has 0 aliphatic rings. The molecule has 0 radical (unpaired) electrons. The van der Waals surface area contributed by atoms with Gasteiger partial charge in [0.05, 0.1) is 4.92 Å². The van der Waals surface area contributed by atoms with Crippen LogP contribution in [0.15, 0.2) is 12.1 Å². The Morgan fingerprint density at radius 1 is 1.20 bits per heavy atom. The lowest BCUT2D eigenvalue weighted by Gasteiger charge is -2.08. The van der Waals surface area contributed by atoms with E-state index in [4.69, 9.17) is 5.73 Å². The number of hydrogen-bond donors (Lipinski definition) is 1. The van der Waals surface area contributed by atoms with Gasteiger partial charge in [-0.25, -0.2) is 18.7 Å². The lowest BCUT2D eigenvalue weighted by molar-refractivity contribution is -0.385. The second-order valence-corrected chi connectivity index (χ2v) is 4.18. The summed E-state index contributed by atoms with van der Waals surface area (Å²) < 4.78 is 27.5. The van der Waals surface area contributed by atoms with Gasteiger partial charge in [0.15, 0.2) is 17.3 Å². The Balaban J connectivity index is 2.82. The maximum absolute atomic E-state index is 14.0. The molecular weight excluding hydrogens is 270 g/mol. The predicted molar refractivity (Wildman–Crippen MR) is 67.9 cm³/mol. The minimum absolute atomic E-state index is 0.0158. The molecule has 0 aliphatic carbocycles. The first-order chi connectivity index (χ1) is 9.32. The second-order valence-electron chi connectivity index (χ2n) is 4.18. The van der Waals surface area contributed by atoms with Gasteiger partial charge in [-0.15, -0.1) is 0 Å². The molecule has 0 fully saturated rings. The predicted octanol–water partition coefficient (Wildman–Crippen LogP) is 2.53. The lowest BCUT2D eigenvalue weighted by atomic mass is 10.1. The fourth-order valence-corrected chi connectivity index (χ4v) is 1.82. The lowest BCUT2D eigenvalue weighted by Crippen LogP contribution is -2.06. The standard InChI is InChI=1S/C12H10F2N4O2/c1-5-3-4-7(9(14)8(5)13)10-11(18(19)20)6(2)16-12(15)17-10/h3-4H,1-2H3,(H2,15,16,17). The summed E-state index contributed by atoms with van der Waals surface area (Å²) in [4.78, 5) is 17.6. The van der Waals surface area contributed by atoms with Crippen LogP contribution in [0.4, 0.5) is 20.4 Å². The normalized spacial score (nSPS) is 10.6. The van der Waals surface area contributed by atoms with Crippen molar-refractivity contribution < 1.29 is 13.7 Å². The zero-order valence-corrected chi connectivity index (χ0v) is 10.6. The molecule has 8 heteroatoms. The van der Waals surface area contributed by atoms with E-state index in [0.29, 0.717) is 0 Å². The molecule has 0 amide bonds. The van der Waals surface area contributed by atoms with Crippen LogP contribution in [0.3, 0.4) is 0 Å². The van der Waals surface area contributed by atoms with Crippen molar-refractivity contribution in [3.05, 3.63) is 45.1 Å². The molecule has 2 N–H and O–H groups in total. The van der Waals surface area contributed by atoms with E-state index < -0.39 is 22.2 Å². The average Bonchev–Trinajstić information content (AvgIpc) is 2.34. The zero-order chi connectivity index (χ0) is 15.0. The smallest absolute Gasteiger partial charge is 0.316 e. The van der Waals surface area contributed by atoms with Crippen LogP contribution in [-0.2, 0) is 0 Å². The van der Waals surface area contributed by atoms with Crippen LogP contribution in [0.1, 0.15) is 11.3 Å². The molecule has 1 aromatic carbocycles. The molecule has 20 heavy (non-hydrogen) atoms. The molecule has 104 valence electrons. The highest BCUT2D eigenvalue weighted by molar-refractivity contribution is 5.72. The number of rotatable bonds is 2. The van der Waals surface area contributed by atoms with Crippen molar-refractivity contribution in [3.8, 4) is 11.3 Å². The minimum atomic E-state index is -1.20. The van der Waals surface area contributed by atoms with Gasteiger partial charge in [0.25, 0.3) is 0 Å². The third-order valence-electron chi connectivity index (χ3n) is 2.79. The van der Waals surface area contributed by atoms with E-state index in [2.05, 4.69) is 9.97 Å². The third kappa shape index (κ3) is 2.15. The highest BCUT2D eigenvalue weighted by Gasteiger charge is 2.26. The van der Waals surface area contributed by atoms with Crippen molar-refractivity contribution in [2.75, 3.05) is 5.73 Å². The number of nitro groups is 1. The summed E-state index contributed by atoms with van der Waals surface area (Å²) in [5, 5.41) is 11.1. The summed E-state index contributed by atoms with van der Waals surface area (Å²) in [6, 6.07) is 2.53. The molecule has 0 bridgehead atoms. The number of nitrogen functional groups attached to an aromatic ring is 1. The maximum atomic E-state index is 14.0. The largest absolute Gasteiger partial charge is 0.368 e. The highest BCUT2D eigenvalue weighted by atomic mass is 19.2. The van der Waals surface area contributed by atoms with E-state index >= 15 is 0 Å². The first-order valence-electron chi connectivity index (χ1n) is 5.56. The van der Waals surface area contributed by atoms with Gasteiger partial charge < -0.3 is 5.73 Å². The molecule has 1 aromatic heterocycles.